The lowest BCUT2D eigenvalue weighted by Gasteiger charge is -2.14. The van der Waals surface area contributed by atoms with Crippen molar-refractivity contribution < 1.29 is 19.3 Å². The summed E-state index contributed by atoms with van der Waals surface area (Å²) in [7, 11) is 0. The molecule has 0 radical (unpaired) electrons. The highest BCUT2D eigenvalue weighted by Gasteiger charge is 2.31. The van der Waals surface area contributed by atoms with E-state index in [4.69, 9.17) is 23.8 Å². The van der Waals surface area contributed by atoms with Gasteiger partial charge in [0.2, 0.25) is 5.91 Å². The highest BCUT2D eigenvalue weighted by molar-refractivity contribution is 8.26. The van der Waals surface area contributed by atoms with Crippen LogP contribution in [0, 0.1) is 10.1 Å². The molecule has 170 valence electrons. The number of thioether (sulfide) groups is 1. The van der Waals surface area contributed by atoms with E-state index >= 15 is 0 Å². The predicted molar refractivity (Wildman–Crippen MR) is 129 cm³/mol. The number of carbonyl (C=O) groups excluding carboxylic acids is 3. The Labute approximate surface area is 203 Å². The van der Waals surface area contributed by atoms with Crippen molar-refractivity contribution in [3.8, 4) is 0 Å². The maximum Gasteiger partial charge on any atom is 0.282 e. The zero-order valence-electron chi connectivity index (χ0n) is 16.9. The SMILES string of the molecule is O=C(CCCN1C(=O)/C(=C\c2ccccc2Cl)SC1=S)NNC(=O)c1ccccc1[N+](=O)[O-]. The highest BCUT2D eigenvalue weighted by Crippen LogP contribution is 2.33. The van der Waals surface area contributed by atoms with Crippen LogP contribution in [-0.4, -0.2) is 38.4 Å². The molecule has 1 aliphatic heterocycles. The molecule has 9 nitrogen and oxygen atoms in total. The molecule has 12 heteroatoms. The third-order valence-electron chi connectivity index (χ3n) is 4.51. The Morgan fingerprint density at radius 1 is 1.15 bits per heavy atom. The first-order chi connectivity index (χ1) is 15.8. The molecule has 0 aromatic heterocycles. The first kappa shape index (κ1) is 24.4. The van der Waals surface area contributed by atoms with Gasteiger partial charge in [0.05, 0.1) is 9.83 Å². The first-order valence-electron chi connectivity index (χ1n) is 9.60. The Morgan fingerprint density at radius 2 is 1.85 bits per heavy atom. The summed E-state index contributed by atoms with van der Waals surface area (Å²) in [5, 5.41) is 11.5. The molecular weight excluding hydrogens is 488 g/mol. The number of hydrogen-bond acceptors (Lipinski definition) is 7. The predicted octanol–water partition coefficient (Wildman–Crippen LogP) is 3.69. The van der Waals surface area contributed by atoms with Crippen LogP contribution in [0.2, 0.25) is 5.02 Å². The summed E-state index contributed by atoms with van der Waals surface area (Å²) in [6, 6.07) is 12.5. The van der Waals surface area contributed by atoms with Gasteiger partial charge < -0.3 is 0 Å². The van der Waals surface area contributed by atoms with Crippen molar-refractivity contribution in [1.29, 1.82) is 0 Å². The molecule has 0 saturated carbocycles. The third-order valence-corrected chi connectivity index (χ3v) is 6.23. The Morgan fingerprint density at radius 3 is 2.58 bits per heavy atom. The molecule has 33 heavy (non-hydrogen) atoms. The third kappa shape index (κ3) is 6.15. The smallest absolute Gasteiger partial charge is 0.282 e. The van der Waals surface area contributed by atoms with Gasteiger partial charge in [0.25, 0.3) is 17.5 Å². The fourth-order valence-electron chi connectivity index (χ4n) is 2.91. The number of hydrazine groups is 1. The number of nitrogens with one attached hydrogen (secondary N) is 2. The van der Waals surface area contributed by atoms with Crippen LogP contribution in [0.3, 0.4) is 0 Å². The lowest BCUT2D eigenvalue weighted by Crippen LogP contribution is -2.42. The van der Waals surface area contributed by atoms with E-state index < -0.39 is 16.7 Å². The van der Waals surface area contributed by atoms with Crippen LogP contribution in [0.5, 0.6) is 0 Å². The number of halogens is 1. The molecule has 0 atom stereocenters. The molecule has 1 saturated heterocycles. The van der Waals surface area contributed by atoms with Crippen molar-refractivity contribution in [2.45, 2.75) is 12.8 Å². The minimum atomic E-state index is -0.808. The number of amides is 3. The van der Waals surface area contributed by atoms with Crippen molar-refractivity contribution in [1.82, 2.24) is 15.8 Å². The number of hydrogen-bond donors (Lipinski definition) is 2. The molecule has 1 fully saturated rings. The zero-order chi connectivity index (χ0) is 24.0. The molecular formula is C21H17ClN4O5S2. The molecule has 2 N–H and O–H groups in total. The van der Waals surface area contributed by atoms with Crippen LogP contribution >= 0.6 is 35.6 Å². The van der Waals surface area contributed by atoms with Gasteiger partial charge in [-0.25, -0.2) is 0 Å². The highest BCUT2D eigenvalue weighted by atomic mass is 35.5. The van der Waals surface area contributed by atoms with E-state index in [-0.39, 0.29) is 30.1 Å². The van der Waals surface area contributed by atoms with Gasteiger partial charge in [-0.1, -0.05) is 65.9 Å². The van der Waals surface area contributed by atoms with Crippen molar-refractivity contribution in [2.24, 2.45) is 0 Å². The van der Waals surface area contributed by atoms with E-state index in [0.29, 0.717) is 26.2 Å². The van der Waals surface area contributed by atoms with Crippen LogP contribution < -0.4 is 10.9 Å². The van der Waals surface area contributed by atoms with Gasteiger partial charge in [0.1, 0.15) is 9.88 Å². The van der Waals surface area contributed by atoms with Gasteiger partial charge in [-0.15, -0.1) is 0 Å². The van der Waals surface area contributed by atoms with Gasteiger partial charge in [0.15, 0.2) is 0 Å². The molecule has 1 aliphatic rings. The Hall–Kier alpha value is -3.28. The second kappa shape index (κ2) is 11.0. The lowest BCUT2D eigenvalue weighted by atomic mass is 10.2. The second-order valence-electron chi connectivity index (χ2n) is 6.73. The van der Waals surface area contributed by atoms with E-state index in [9.17, 15) is 24.5 Å². The average molecular weight is 505 g/mol. The quantitative estimate of drug-likeness (QED) is 0.255. The summed E-state index contributed by atoms with van der Waals surface area (Å²) >= 11 is 12.6. The molecule has 0 aliphatic carbocycles. The fourth-order valence-corrected chi connectivity index (χ4v) is 4.39. The standard InChI is InChI=1S/C21H17ClN4O5S2/c22-15-8-3-1-6-13(15)12-17-20(29)25(21(32)33-17)11-5-10-18(27)23-24-19(28)14-7-2-4-9-16(14)26(30)31/h1-4,6-9,12H,5,10-11H2,(H,23,27)(H,24,28)/b17-12+. The van der Waals surface area contributed by atoms with Gasteiger partial charge in [-0.2, -0.15) is 0 Å². The number of nitro groups is 1. The summed E-state index contributed by atoms with van der Waals surface area (Å²) in [4.78, 5) is 49.0. The molecule has 3 amide bonds. The molecule has 2 aromatic carbocycles. The van der Waals surface area contributed by atoms with Crippen molar-refractivity contribution in [3.05, 3.63) is 79.7 Å². The maximum atomic E-state index is 12.7. The second-order valence-corrected chi connectivity index (χ2v) is 8.82. The Bertz CT molecular complexity index is 1170. The number of carbonyl (C=O) groups is 3. The molecule has 0 spiro atoms. The topological polar surface area (TPSA) is 122 Å². The minimum Gasteiger partial charge on any atom is -0.293 e. The maximum absolute atomic E-state index is 12.7. The Balaban J connectivity index is 1.49. The van der Waals surface area contributed by atoms with E-state index in [1.54, 1.807) is 24.3 Å². The van der Waals surface area contributed by atoms with E-state index in [0.717, 1.165) is 11.8 Å². The molecule has 2 aromatic rings. The van der Waals surface area contributed by atoms with Gasteiger partial charge in [-0.3, -0.25) is 40.2 Å². The molecule has 0 bridgehead atoms. The number of nitro benzene ring substituents is 1. The number of nitrogens with zero attached hydrogens (tertiary/aromatic N) is 2. The van der Waals surface area contributed by atoms with Gasteiger partial charge in [-0.05, 0) is 30.2 Å². The first-order valence-corrected chi connectivity index (χ1v) is 11.2. The summed E-state index contributed by atoms with van der Waals surface area (Å²) in [6.07, 6.45) is 1.96. The van der Waals surface area contributed by atoms with Crippen LogP contribution in [0.25, 0.3) is 6.08 Å². The largest absolute Gasteiger partial charge is 0.293 e. The van der Waals surface area contributed by atoms with Crippen molar-refractivity contribution in [2.75, 3.05) is 6.54 Å². The molecule has 3 rings (SSSR count). The zero-order valence-corrected chi connectivity index (χ0v) is 19.3. The molecule has 1 heterocycles. The Kier molecular flexibility index (Phi) is 8.15. The summed E-state index contributed by atoms with van der Waals surface area (Å²) in [5.74, 6) is -1.59. The average Bonchev–Trinajstić information content (AvgIpc) is 3.06. The molecule has 0 unspecified atom stereocenters. The summed E-state index contributed by atoms with van der Waals surface area (Å²) < 4.78 is 0.378. The van der Waals surface area contributed by atoms with Gasteiger partial charge >= 0.3 is 0 Å². The number of thiocarbonyl (C=S) groups is 1. The van der Waals surface area contributed by atoms with Crippen molar-refractivity contribution in [3.63, 3.8) is 0 Å². The van der Waals surface area contributed by atoms with E-state index in [2.05, 4.69) is 10.9 Å². The normalized spacial score (nSPS) is 14.5. The van der Waals surface area contributed by atoms with E-state index in [1.165, 1.54) is 29.2 Å². The fraction of sp³-hybridized carbons (Fsp3) is 0.143. The number of para-hydroxylation sites is 1. The number of benzene rings is 2. The number of rotatable bonds is 7. The minimum absolute atomic E-state index is 0.00220. The van der Waals surface area contributed by atoms with Crippen molar-refractivity contribution >= 4 is 69.4 Å². The van der Waals surface area contributed by atoms with Crippen LogP contribution in [0.15, 0.2) is 53.4 Å². The summed E-state index contributed by atoms with van der Waals surface area (Å²) in [6.45, 7) is 0.218. The summed E-state index contributed by atoms with van der Waals surface area (Å²) in [5.41, 5.74) is 4.52. The van der Waals surface area contributed by atoms with Crippen LogP contribution in [0.4, 0.5) is 5.69 Å². The van der Waals surface area contributed by atoms with Crippen LogP contribution in [-0.2, 0) is 9.59 Å². The monoisotopic (exact) mass is 504 g/mol. The van der Waals surface area contributed by atoms with Crippen LogP contribution in [0.1, 0.15) is 28.8 Å². The lowest BCUT2D eigenvalue weighted by molar-refractivity contribution is -0.385. The van der Waals surface area contributed by atoms with E-state index in [1.807, 2.05) is 6.07 Å². The van der Waals surface area contributed by atoms with Gasteiger partial charge in [0, 0.05) is 24.1 Å².